The second-order valence-electron chi connectivity index (χ2n) is 6.57. The third kappa shape index (κ3) is 5.78. The highest BCUT2D eigenvalue weighted by atomic mass is 32.2. The van der Waals surface area contributed by atoms with Crippen molar-refractivity contribution in [3.63, 3.8) is 0 Å². The van der Waals surface area contributed by atoms with Crippen molar-refractivity contribution in [2.24, 2.45) is 5.92 Å². The van der Waals surface area contributed by atoms with Crippen LogP contribution in [0.2, 0.25) is 0 Å². The van der Waals surface area contributed by atoms with Gasteiger partial charge in [0.2, 0.25) is 10.0 Å². The van der Waals surface area contributed by atoms with E-state index >= 15 is 0 Å². The summed E-state index contributed by atoms with van der Waals surface area (Å²) in [5, 5.41) is 2.69. The van der Waals surface area contributed by atoms with E-state index in [0.717, 1.165) is 0 Å². The maximum atomic E-state index is 12.6. The highest BCUT2D eigenvalue weighted by molar-refractivity contribution is 7.89. The minimum atomic E-state index is -3.94. The fraction of sp³-hybridized carbons (Fsp3) is 0.300. The first-order valence-electron chi connectivity index (χ1n) is 8.83. The van der Waals surface area contributed by atoms with Gasteiger partial charge >= 0.3 is 5.97 Å². The third-order valence-electron chi connectivity index (χ3n) is 4.18. The summed E-state index contributed by atoms with van der Waals surface area (Å²) in [6.45, 7) is 3.42. The number of rotatable bonds is 8. The Morgan fingerprint density at radius 2 is 1.52 bits per heavy atom. The molecule has 0 spiro atoms. The van der Waals surface area contributed by atoms with Crippen molar-refractivity contribution in [2.45, 2.75) is 24.8 Å². The van der Waals surface area contributed by atoms with Gasteiger partial charge in [-0.25, -0.2) is 8.42 Å². The second kappa shape index (κ2) is 9.53. The fourth-order valence-corrected chi connectivity index (χ4v) is 3.81. The zero-order valence-electron chi connectivity index (χ0n) is 16.6. The molecule has 0 bridgehead atoms. The molecule has 1 amide bonds. The average Bonchev–Trinajstić information content (AvgIpc) is 2.71. The number of ether oxygens (including phenoxy) is 2. The van der Waals surface area contributed by atoms with Gasteiger partial charge in [0, 0.05) is 11.3 Å². The Hall–Kier alpha value is -2.91. The summed E-state index contributed by atoms with van der Waals surface area (Å²) in [5.41, 5.74) is 0.861. The Balaban J connectivity index is 2.11. The van der Waals surface area contributed by atoms with Crippen LogP contribution in [-0.4, -0.2) is 40.6 Å². The molecule has 0 aliphatic rings. The van der Waals surface area contributed by atoms with Gasteiger partial charge in [-0.2, -0.15) is 4.72 Å². The highest BCUT2D eigenvalue weighted by Crippen LogP contribution is 2.18. The lowest BCUT2D eigenvalue weighted by Crippen LogP contribution is -2.44. The van der Waals surface area contributed by atoms with E-state index in [1.807, 2.05) is 0 Å². The molecule has 0 fully saturated rings. The molecule has 2 aromatic rings. The highest BCUT2D eigenvalue weighted by Gasteiger charge is 2.29. The van der Waals surface area contributed by atoms with Crippen molar-refractivity contribution in [2.75, 3.05) is 19.5 Å². The summed E-state index contributed by atoms with van der Waals surface area (Å²) in [7, 11) is -1.21. The quantitative estimate of drug-likeness (QED) is 0.635. The van der Waals surface area contributed by atoms with Crippen LogP contribution in [0.3, 0.4) is 0 Å². The van der Waals surface area contributed by atoms with Crippen LogP contribution in [-0.2, 0) is 19.6 Å². The van der Waals surface area contributed by atoms with Gasteiger partial charge in [0.05, 0.1) is 19.1 Å². The predicted octanol–water partition coefficient (Wildman–Crippen LogP) is 2.42. The smallest absolute Gasteiger partial charge is 0.324 e. The molecule has 1 atom stereocenters. The molecule has 156 valence electrons. The van der Waals surface area contributed by atoms with Gasteiger partial charge in [0.15, 0.2) is 0 Å². The number of sulfonamides is 1. The van der Waals surface area contributed by atoms with Gasteiger partial charge in [-0.05, 0) is 54.4 Å². The number of carbonyl (C=O) groups is 2. The summed E-state index contributed by atoms with van der Waals surface area (Å²) in [4.78, 5) is 24.1. The summed E-state index contributed by atoms with van der Waals surface area (Å²) in [5.74, 6) is -0.658. The Morgan fingerprint density at radius 3 is 2.00 bits per heavy atom. The Labute approximate surface area is 170 Å². The van der Waals surface area contributed by atoms with Crippen LogP contribution in [0, 0.1) is 5.92 Å². The number of hydrogen-bond donors (Lipinski definition) is 2. The van der Waals surface area contributed by atoms with Crippen molar-refractivity contribution in [3.05, 3.63) is 54.1 Å². The molecule has 0 aromatic heterocycles. The van der Waals surface area contributed by atoms with Gasteiger partial charge < -0.3 is 14.8 Å². The zero-order valence-corrected chi connectivity index (χ0v) is 17.4. The first-order chi connectivity index (χ1) is 13.7. The van der Waals surface area contributed by atoms with Crippen LogP contribution in [0.1, 0.15) is 24.2 Å². The Morgan fingerprint density at radius 1 is 0.931 bits per heavy atom. The van der Waals surface area contributed by atoms with Crippen molar-refractivity contribution in [1.82, 2.24) is 4.72 Å². The van der Waals surface area contributed by atoms with Crippen LogP contribution < -0.4 is 14.8 Å². The van der Waals surface area contributed by atoms with E-state index in [1.54, 1.807) is 38.1 Å². The Bertz CT molecular complexity index is 953. The Kier molecular flexibility index (Phi) is 7.35. The minimum Gasteiger partial charge on any atom is -0.497 e. The average molecular weight is 420 g/mol. The van der Waals surface area contributed by atoms with Crippen LogP contribution in [0.4, 0.5) is 5.69 Å². The number of hydrogen-bond acceptors (Lipinski definition) is 6. The van der Waals surface area contributed by atoms with Crippen LogP contribution >= 0.6 is 0 Å². The monoisotopic (exact) mass is 420 g/mol. The molecule has 9 heteroatoms. The third-order valence-corrected chi connectivity index (χ3v) is 5.64. The van der Waals surface area contributed by atoms with E-state index in [0.29, 0.717) is 17.0 Å². The zero-order chi connectivity index (χ0) is 21.6. The van der Waals surface area contributed by atoms with Crippen molar-refractivity contribution < 1.29 is 27.5 Å². The number of esters is 1. The molecule has 0 saturated carbocycles. The molecule has 0 radical (unpaired) electrons. The maximum absolute atomic E-state index is 12.6. The van der Waals surface area contributed by atoms with Crippen LogP contribution in [0.5, 0.6) is 5.75 Å². The lowest BCUT2D eigenvalue weighted by atomic mass is 10.1. The molecule has 0 aliphatic heterocycles. The van der Waals surface area contributed by atoms with E-state index in [-0.39, 0.29) is 16.7 Å². The SMILES string of the molecule is COC(=O)[C@H](NS(=O)(=O)c1ccc(NC(=O)c2ccc(OC)cc2)cc1)C(C)C. The summed E-state index contributed by atoms with van der Waals surface area (Å²) >= 11 is 0. The first-order valence-corrected chi connectivity index (χ1v) is 10.3. The molecular formula is C20H24N2O6S. The van der Waals surface area contributed by atoms with Crippen molar-refractivity contribution in [1.29, 1.82) is 0 Å². The van der Waals surface area contributed by atoms with Gasteiger partial charge in [-0.15, -0.1) is 0 Å². The molecule has 0 aliphatic carbocycles. The predicted molar refractivity (Wildman–Crippen MR) is 108 cm³/mol. The molecule has 0 heterocycles. The van der Waals surface area contributed by atoms with Gasteiger partial charge in [0.1, 0.15) is 11.8 Å². The molecule has 2 rings (SSSR count). The first kappa shape index (κ1) is 22.4. The number of anilines is 1. The van der Waals surface area contributed by atoms with Crippen LogP contribution in [0.15, 0.2) is 53.4 Å². The molecule has 29 heavy (non-hydrogen) atoms. The summed E-state index contributed by atoms with van der Waals surface area (Å²) in [6, 6.07) is 11.2. The standard InChI is InChI=1S/C20H24N2O6S/c1-13(2)18(20(24)28-4)22-29(25,26)17-11-7-15(8-12-17)21-19(23)14-5-9-16(27-3)10-6-14/h5-13,18,22H,1-4H3,(H,21,23)/t18-/m1/s1. The molecule has 0 unspecified atom stereocenters. The number of carbonyl (C=O) groups excluding carboxylic acids is 2. The second-order valence-corrected chi connectivity index (χ2v) is 8.29. The van der Waals surface area contributed by atoms with E-state index in [9.17, 15) is 18.0 Å². The molecular weight excluding hydrogens is 396 g/mol. The number of nitrogens with one attached hydrogen (secondary N) is 2. The van der Waals surface area contributed by atoms with Crippen LogP contribution in [0.25, 0.3) is 0 Å². The summed E-state index contributed by atoms with van der Waals surface area (Å²) in [6.07, 6.45) is 0. The lowest BCUT2D eigenvalue weighted by Gasteiger charge is -2.19. The number of methoxy groups -OCH3 is 2. The van der Waals surface area contributed by atoms with Gasteiger partial charge in [0.25, 0.3) is 5.91 Å². The minimum absolute atomic E-state index is 0.0329. The fourth-order valence-electron chi connectivity index (χ4n) is 2.48. The molecule has 0 saturated heterocycles. The number of amides is 1. The normalized spacial score (nSPS) is 12.3. The topological polar surface area (TPSA) is 111 Å². The molecule has 2 aromatic carbocycles. The van der Waals surface area contributed by atoms with Gasteiger partial charge in [-0.3, -0.25) is 9.59 Å². The number of benzene rings is 2. The maximum Gasteiger partial charge on any atom is 0.324 e. The van der Waals surface area contributed by atoms with Gasteiger partial charge in [-0.1, -0.05) is 13.8 Å². The molecule has 2 N–H and O–H groups in total. The van der Waals surface area contributed by atoms with E-state index in [1.165, 1.54) is 38.5 Å². The molecule has 8 nitrogen and oxygen atoms in total. The van der Waals surface area contributed by atoms with Crippen molar-refractivity contribution in [3.8, 4) is 5.75 Å². The van der Waals surface area contributed by atoms with E-state index in [2.05, 4.69) is 14.8 Å². The summed E-state index contributed by atoms with van der Waals surface area (Å²) < 4.78 is 37.2. The lowest BCUT2D eigenvalue weighted by molar-refractivity contribution is -0.143. The van der Waals surface area contributed by atoms with Crippen molar-refractivity contribution >= 4 is 27.6 Å². The van der Waals surface area contributed by atoms with E-state index in [4.69, 9.17) is 4.74 Å². The van der Waals surface area contributed by atoms with E-state index < -0.39 is 22.0 Å². The largest absolute Gasteiger partial charge is 0.497 e.